The lowest BCUT2D eigenvalue weighted by Gasteiger charge is -2.30. The van der Waals surface area contributed by atoms with Crippen LogP contribution >= 0.6 is 11.8 Å². The molecule has 0 aliphatic carbocycles. The number of nitrogens with one attached hydrogen (secondary N) is 1. The highest BCUT2D eigenvalue weighted by molar-refractivity contribution is 7.99. The van der Waals surface area contributed by atoms with Gasteiger partial charge in [-0.25, -0.2) is 0 Å². The molecule has 1 atom stereocenters. The maximum Gasteiger partial charge on any atom is 0.246 e. The quantitative estimate of drug-likeness (QED) is 0.673. The molecule has 0 radical (unpaired) electrons. The van der Waals surface area contributed by atoms with Crippen molar-refractivity contribution in [2.24, 2.45) is 0 Å². The van der Waals surface area contributed by atoms with Crippen LogP contribution in [0.1, 0.15) is 6.42 Å². The average molecular weight is 244 g/mol. The SMILES string of the molecule is O=C1CCSC[C@@H](C(=O)N2CCOCC2)N1. The van der Waals surface area contributed by atoms with Crippen LogP contribution in [0, 0.1) is 0 Å². The van der Waals surface area contributed by atoms with Gasteiger partial charge in [-0.15, -0.1) is 0 Å². The lowest BCUT2D eigenvalue weighted by atomic mass is 10.2. The molecule has 2 amide bonds. The zero-order chi connectivity index (χ0) is 11.4. The second kappa shape index (κ2) is 5.54. The molecule has 0 spiro atoms. The van der Waals surface area contributed by atoms with Gasteiger partial charge in [-0.2, -0.15) is 11.8 Å². The zero-order valence-corrected chi connectivity index (χ0v) is 9.92. The van der Waals surface area contributed by atoms with Crippen LogP contribution in [0.3, 0.4) is 0 Å². The molecule has 2 fully saturated rings. The second-order valence-corrected chi connectivity index (χ2v) is 5.03. The van der Waals surface area contributed by atoms with Gasteiger partial charge in [-0.1, -0.05) is 0 Å². The van der Waals surface area contributed by atoms with Crippen molar-refractivity contribution in [1.29, 1.82) is 0 Å². The molecule has 2 heterocycles. The fourth-order valence-electron chi connectivity index (χ4n) is 1.81. The second-order valence-electron chi connectivity index (χ2n) is 3.88. The average Bonchev–Trinajstić information content (AvgIpc) is 2.54. The molecule has 6 heteroatoms. The van der Waals surface area contributed by atoms with Crippen molar-refractivity contribution in [3.05, 3.63) is 0 Å². The number of morpholine rings is 1. The van der Waals surface area contributed by atoms with Crippen LogP contribution in [-0.2, 0) is 14.3 Å². The van der Waals surface area contributed by atoms with E-state index >= 15 is 0 Å². The summed E-state index contributed by atoms with van der Waals surface area (Å²) < 4.78 is 5.20. The van der Waals surface area contributed by atoms with Crippen LogP contribution in [0.5, 0.6) is 0 Å². The van der Waals surface area contributed by atoms with E-state index in [4.69, 9.17) is 4.74 Å². The maximum absolute atomic E-state index is 12.1. The summed E-state index contributed by atoms with van der Waals surface area (Å²) >= 11 is 1.66. The first-order valence-corrected chi connectivity index (χ1v) is 6.66. The summed E-state index contributed by atoms with van der Waals surface area (Å²) in [5.41, 5.74) is 0. The minimum Gasteiger partial charge on any atom is -0.378 e. The highest BCUT2D eigenvalue weighted by Crippen LogP contribution is 2.12. The largest absolute Gasteiger partial charge is 0.378 e. The molecule has 0 bridgehead atoms. The molecule has 0 unspecified atom stereocenters. The van der Waals surface area contributed by atoms with Gasteiger partial charge in [0.2, 0.25) is 11.8 Å². The lowest BCUT2D eigenvalue weighted by molar-refractivity contribution is -0.139. The molecule has 0 aromatic carbocycles. The molecule has 2 saturated heterocycles. The molecule has 0 aromatic rings. The Morgan fingerprint density at radius 1 is 1.44 bits per heavy atom. The van der Waals surface area contributed by atoms with E-state index in [1.807, 2.05) is 0 Å². The van der Waals surface area contributed by atoms with E-state index in [2.05, 4.69) is 5.32 Å². The molecular weight excluding hydrogens is 228 g/mol. The Hall–Kier alpha value is -0.750. The Bertz CT molecular complexity index is 279. The van der Waals surface area contributed by atoms with Crippen LogP contribution in [0.2, 0.25) is 0 Å². The fourth-order valence-corrected chi connectivity index (χ4v) is 2.77. The molecule has 0 saturated carbocycles. The van der Waals surface area contributed by atoms with Gasteiger partial charge in [0.1, 0.15) is 6.04 Å². The molecule has 90 valence electrons. The normalized spacial score (nSPS) is 27.1. The smallest absolute Gasteiger partial charge is 0.246 e. The van der Waals surface area contributed by atoms with Crippen molar-refractivity contribution in [1.82, 2.24) is 10.2 Å². The third kappa shape index (κ3) is 2.89. The molecule has 2 aliphatic rings. The van der Waals surface area contributed by atoms with Crippen molar-refractivity contribution >= 4 is 23.6 Å². The van der Waals surface area contributed by atoms with Gasteiger partial charge < -0.3 is 15.0 Å². The summed E-state index contributed by atoms with van der Waals surface area (Å²) in [6.07, 6.45) is 0.511. The van der Waals surface area contributed by atoms with Gasteiger partial charge in [0.25, 0.3) is 0 Å². The lowest BCUT2D eigenvalue weighted by Crippen LogP contribution is -2.52. The summed E-state index contributed by atoms with van der Waals surface area (Å²) in [4.78, 5) is 25.2. The summed E-state index contributed by atoms with van der Waals surface area (Å²) in [6.45, 7) is 2.46. The number of hydrogen-bond donors (Lipinski definition) is 1. The first kappa shape index (κ1) is 11.7. The summed E-state index contributed by atoms with van der Waals surface area (Å²) in [5.74, 6) is 1.50. The van der Waals surface area contributed by atoms with Crippen molar-refractivity contribution in [2.75, 3.05) is 37.8 Å². The first-order chi connectivity index (χ1) is 7.77. The van der Waals surface area contributed by atoms with E-state index in [0.717, 1.165) is 5.75 Å². The Morgan fingerprint density at radius 3 is 2.94 bits per heavy atom. The van der Waals surface area contributed by atoms with E-state index < -0.39 is 0 Å². The van der Waals surface area contributed by atoms with Gasteiger partial charge >= 0.3 is 0 Å². The number of rotatable bonds is 1. The van der Waals surface area contributed by atoms with Gasteiger partial charge in [0.05, 0.1) is 13.2 Å². The number of hydrogen-bond acceptors (Lipinski definition) is 4. The van der Waals surface area contributed by atoms with Gasteiger partial charge in [0, 0.05) is 31.0 Å². The fraction of sp³-hybridized carbons (Fsp3) is 0.800. The van der Waals surface area contributed by atoms with Crippen molar-refractivity contribution < 1.29 is 14.3 Å². The topological polar surface area (TPSA) is 58.6 Å². The highest BCUT2D eigenvalue weighted by Gasteiger charge is 2.28. The van der Waals surface area contributed by atoms with E-state index in [0.29, 0.717) is 38.5 Å². The predicted octanol–water partition coefficient (Wildman–Crippen LogP) is -0.533. The van der Waals surface area contributed by atoms with E-state index in [9.17, 15) is 9.59 Å². The van der Waals surface area contributed by atoms with E-state index in [-0.39, 0.29) is 17.9 Å². The van der Waals surface area contributed by atoms with Crippen molar-refractivity contribution in [3.63, 3.8) is 0 Å². The molecule has 0 aromatic heterocycles. The third-order valence-corrected chi connectivity index (χ3v) is 3.78. The van der Waals surface area contributed by atoms with Crippen LogP contribution in [0.25, 0.3) is 0 Å². The van der Waals surface area contributed by atoms with E-state index in [1.165, 1.54) is 0 Å². The summed E-state index contributed by atoms with van der Waals surface area (Å²) in [6, 6.07) is -0.349. The van der Waals surface area contributed by atoms with Crippen molar-refractivity contribution in [2.45, 2.75) is 12.5 Å². The molecule has 16 heavy (non-hydrogen) atoms. The number of thioether (sulfide) groups is 1. The molecular formula is C10H16N2O3S. The molecule has 2 rings (SSSR count). The predicted molar refractivity (Wildman–Crippen MR) is 61.3 cm³/mol. The van der Waals surface area contributed by atoms with Crippen LogP contribution < -0.4 is 5.32 Å². The van der Waals surface area contributed by atoms with Gasteiger partial charge in [-0.05, 0) is 0 Å². The molecule has 1 N–H and O–H groups in total. The Balaban J connectivity index is 1.93. The minimum atomic E-state index is -0.349. The Labute approximate surface area is 98.9 Å². The number of carbonyl (C=O) groups excluding carboxylic acids is 2. The number of nitrogens with zero attached hydrogens (tertiary/aromatic N) is 1. The molecule has 5 nitrogen and oxygen atoms in total. The number of carbonyl (C=O) groups is 2. The monoisotopic (exact) mass is 244 g/mol. The maximum atomic E-state index is 12.1. The Morgan fingerprint density at radius 2 is 2.19 bits per heavy atom. The first-order valence-electron chi connectivity index (χ1n) is 5.51. The van der Waals surface area contributed by atoms with Crippen LogP contribution in [0.4, 0.5) is 0 Å². The van der Waals surface area contributed by atoms with Gasteiger partial charge in [0.15, 0.2) is 0 Å². The standard InChI is InChI=1S/C10H16N2O3S/c13-9-1-6-16-7-8(11-9)10(14)12-2-4-15-5-3-12/h8H,1-7H2,(H,11,13)/t8-/m0/s1. The number of amides is 2. The number of ether oxygens (including phenoxy) is 1. The Kier molecular flexibility index (Phi) is 4.06. The minimum absolute atomic E-state index is 0.0170. The molecule has 2 aliphatic heterocycles. The van der Waals surface area contributed by atoms with Gasteiger partial charge in [-0.3, -0.25) is 9.59 Å². The summed E-state index contributed by atoms with van der Waals surface area (Å²) in [7, 11) is 0. The third-order valence-electron chi connectivity index (χ3n) is 2.71. The van der Waals surface area contributed by atoms with Crippen molar-refractivity contribution in [3.8, 4) is 0 Å². The van der Waals surface area contributed by atoms with Crippen LogP contribution in [-0.4, -0.2) is 60.6 Å². The van der Waals surface area contributed by atoms with E-state index in [1.54, 1.807) is 16.7 Å². The highest BCUT2D eigenvalue weighted by atomic mass is 32.2. The summed E-state index contributed by atoms with van der Waals surface area (Å²) in [5, 5.41) is 2.78. The van der Waals surface area contributed by atoms with Crippen LogP contribution in [0.15, 0.2) is 0 Å². The zero-order valence-electron chi connectivity index (χ0n) is 9.11.